The van der Waals surface area contributed by atoms with Crippen LogP contribution in [0.2, 0.25) is 0 Å². The number of nitrogens with two attached hydrogens (primary N) is 1. The molecule has 0 aliphatic carbocycles. The van der Waals surface area contributed by atoms with Gasteiger partial charge in [0.05, 0.1) is 5.56 Å². The second kappa shape index (κ2) is 13.8. The molecule has 2 aromatic carbocycles. The Hall–Kier alpha value is -4.10. The molecule has 0 radical (unpaired) electrons. The molecule has 3 rings (SSSR count). The number of esters is 1. The first-order valence-electron chi connectivity index (χ1n) is 12.3. The van der Waals surface area contributed by atoms with Gasteiger partial charge < -0.3 is 25.4 Å². The van der Waals surface area contributed by atoms with Crippen LogP contribution in [0.5, 0.6) is 5.75 Å². The quantitative estimate of drug-likeness (QED) is 0.245. The summed E-state index contributed by atoms with van der Waals surface area (Å²) in [6.07, 6.45) is -5.11. The Labute approximate surface area is 233 Å². The third-order valence-corrected chi connectivity index (χ3v) is 6.81. The molecule has 40 heavy (non-hydrogen) atoms. The lowest BCUT2D eigenvalue weighted by Gasteiger charge is -2.18. The number of thiophene rings is 1. The number of anilines is 2. The smallest absolute Gasteiger partial charge is 0.490 e. The number of nitrogens with zero attached hydrogens (tertiary/aromatic N) is 1. The summed E-state index contributed by atoms with van der Waals surface area (Å²) in [5.74, 6) is -2.21. The Bertz CT molecular complexity index is 1320. The highest BCUT2D eigenvalue weighted by Crippen LogP contribution is 2.36. The summed E-state index contributed by atoms with van der Waals surface area (Å²) in [6, 6.07) is 13.8. The van der Waals surface area contributed by atoms with E-state index in [0.29, 0.717) is 17.2 Å². The molecule has 3 amide bonds. The van der Waals surface area contributed by atoms with Gasteiger partial charge in [0.2, 0.25) is 0 Å². The Morgan fingerprint density at radius 3 is 2.33 bits per heavy atom. The number of alkyl halides is 3. The third-order valence-electron chi connectivity index (χ3n) is 5.71. The number of halogens is 3. The minimum atomic E-state index is -5.11. The average Bonchev–Trinajstić information content (AvgIpc) is 3.33. The van der Waals surface area contributed by atoms with E-state index in [1.807, 2.05) is 24.3 Å². The van der Waals surface area contributed by atoms with E-state index in [2.05, 4.69) is 34.1 Å². The summed E-state index contributed by atoms with van der Waals surface area (Å²) in [4.78, 5) is 38.6. The first kappa shape index (κ1) is 30.4. The van der Waals surface area contributed by atoms with Crippen LogP contribution in [0.4, 0.5) is 28.7 Å². The van der Waals surface area contributed by atoms with E-state index in [1.165, 1.54) is 24.3 Å². The van der Waals surface area contributed by atoms with Crippen molar-refractivity contribution in [1.29, 1.82) is 0 Å². The molecule has 0 saturated carbocycles. The number of ether oxygens (including phenoxy) is 2. The second-order valence-electron chi connectivity index (χ2n) is 8.47. The zero-order valence-corrected chi connectivity index (χ0v) is 22.7. The summed E-state index contributed by atoms with van der Waals surface area (Å²) in [7, 11) is 0. The summed E-state index contributed by atoms with van der Waals surface area (Å²) in [5.41, 5.74) is 6.68. The second-order valence-corrected chi connectivity index (χ2v) is 9.52. The Morgan fingerprint density at radius 1 is 1.00 bits per heavy atom. The van der Waals surface area contributed by atoms with Gasteiger partial charge in [-0.05, 0) is 66.7 Å². The highest BCUT2D eigenvalue weighted by Gasteiger charge is 2.40. The summed E-state index contributed by atoms with van der Waals surface area (Å²) in [5, 5.41) is 5.30. The molecule has 3 aromatic rings. The first-order valence-corrected chi connectivity index (χ1v) is 13.1. The molecule has 1 aromatic heterocycles. The molecule has 0 aliphatic rings. The number of hydrogen-bond donors (Lipinski definition) is 3. The highest BCUT2D eigenvalue weighted by atomic mass is 32.1. The fourth-order valence-electron chi connectivity index (χ4n) is 3.62. The molecular formula is C27H29F3N4O5S. The minimum absolute atomic E-state index is 0.132. The fraction of sp³-hybridized carbons (Fsp3) is 0.296. The van der Waals surface area contributed by atoms with Crippen molar-refractivity contribution in [3.63, 3.8) is 0 Å². The van der Waals surface area contributed by atoms with Crippen molar-refractivity contribution >= 4 is 39.9 Å². The molecule has 0 aliphatic heterocycles. The molecule has 13 heteroatoms. The van der Waals surface area contributed by atoms with Crippen molar-refractivity contribution < 1.29 is 37.0 Å². The molecule has 0 saturated heterocycles. The summed E-state index contributed by atoms with van der Waals surface area (Å²) >= 11 is 1.15. The maximum atomic E-state index is 13.1. The van der Waals surface area contributed by atoms with Gasteiger partial charge in [-0.25, -0.2) is 9.59 Å². The van der Waals surface area contributed by atoms with E-state index in [9.17, 15) is 27.6 Å². The van der Waals surface area contributed by atoms with Crippen LogP contribution in [-0.4, -0.2) is 55.2 Å². The molecular weight excluding hydrogens is 549 g/mol. The number of primary amides is 1. The van der Waals surface area contributed by atoms with E-state index >= 15 is 0 Å². The number of amides is 3. The maximum absolute atomic E-state index is 13.1. The Kier molecular flexibility index (Phi) is 10.5. The van der Waals surface area contributed by atoms with Crippen LogP contribution < -0.4 is 21.1 Å². The number of nitrogens with one attached hydrogen (secondary N) is 2. The molecule has 0 bridgehead atoms. The van der Waals surface area contributed by atoms with Crippen LogP contribution in [0.25, 0.3) is 10.4 Å². The fourth-order valence-corrected chi connectivity index (χ4v) is 4.69. The van der Waals surface area contributed by atoms with Gasteiger partial charge in [-0.2, -0.15) is 13.2 Å². The van der Waals surface area contributed by atoms with Crippen LogP contribution >= 0.6 is 11.3 Å². The standard InChI is InChI=1S/C27H29F3N4O5S/c1-3-34(4-2)12-13-38-20-10-8-18(9-11-20)22-15-21(24(40-22)33-26(31)37)23(35)32-19-7-5-6-17(14-19)16-39-25(36)27(28,29)30/h5-11,14-15H,3-4,12-13,16H2,1-2H3,(H,32,35)(H3,31,33,37). The zero-order chi connectivity index (χ0) is 29.3. The van der Waals surface area contributed by atoms with Gasteiger partial charge in [0.1, 0.15) is 24.0 Å². The van der Waals surface area contributed by atoms with Gasteiger partial charge in [0, 0.05) is 17.1 Å². The average molecular weight is 579 g/mol. The molecule has 0 fully saturated rings. The molecule has 1 heterocycles. The van der Waals surface area contributed by atoms with E-state index in [-0.39, 0.29) is 21.8 Å². The Morgan fingerprint density at radius 2 is 1.70 bits per heavy atom. The van der Waals surface area contributed by atoms with Crippen LogP contribution in [0.1, 0.15) is 29.8 Å². The van der Waals surface area contributed by atoms with Crippen molar-refractivity contribution in [2.75, 3.05) is 36.9 Å². The number of urea groups is 1. The number of carbonyl (C=O) groups is 3. The van der Waals surface area contributed by atoms with Crippen LogP contribution in [0.3, 0.4) is 0 Å². The van der Waals surface area contributed by atoms with Gasteiger partial charge in [-0.15, -0.1) is 11.3 Å². The molecule has 214 valence electrons. The van der Waals surface area contributed by atoms with E-state index < -0.39 is 30.7 Å². The van der Waals surface area contributed by atoms with Crippen molar-refractivity contribution in [3.8, 4) is 16.2 Å². The third kappa shape index (κ3) is 8.71. The minimum Gasteiger partial charge on any atom is -0.492 e. The first-order chi connectivity index (χ1) is 19.0. The number of hydrogen-bond acceptors (Lipinski definition) is 7. The summed E-state index contributed by atoms with van der Waals surface area (Å²) < 4.78 is 47.2. The van der Waals surface area contributed by atoms with Gasteiger partial charge in [0.15, 0.2) is 0 Å². The molecule has 0 atom stereocenters. The summed E-state index contributed by atoms with van der Waals surface area (Å²) in [6.45, 7) is 6.79. The van der Waals surface area contributed by atoms with Crippen molar-refractivity contribution in [1.82, 2.24) is 4.90 Å². The predicted molar refractivity (Wildman–Crippen MR) is 146 cm³/mol. The van der Waals surface area contributed by atoms with Gasteiger partial charge in [-0.3, -0.25) is 10.1 Å². The number of benzene rings is 2. The topological polar surface area (TPSA) is 123 Å². The lowest BCUT2D eigenvalue weighted by molar-refractivity contribution is -0.201. The van der Waals surface area contributed by atoms with Gasteiger partial charge in [0.25, 0.3) is 5.91 Å². The number of rotatable bonds is 12. The van der Waals surface area contributed by atoms with Crippen molar-refractivity contribution in [2.45, 2.75) is 26.6 Å². The van der Waals surface area contributed by atoms with Crippen LogP contribution in [-0.2, 0) is 16.1 Å². The Balaban J connectivity index is 1.72. The monoisotopic (exact) mass is 578 g/mol. The van der Waals surface area contributed by atoms with Gasteiger partial charge in [-0.1, -0.05) is 26.0 Å². The van der Waals surface area contributed by atoms with Crippen LogP contribution in [0, 0.1) is 0 Å². The number of carbonyl (C=O) groups excluding carboxylic acids is 3. The lowest BCUT2D eigenvalue weighted by Crippen LogP contribution is -2.27. The van der Waals surface area contributed by atoms with E-state index in [0.717, 1.165) is 36.5 Å². The maximum Gasteiger partial charge on any atom is 0.490 e. The van der Waals surface area contributed by atoms with E-state index in [1.54, 1.807) is 6.07 Å². The normalized spacial score (nSPS) is 11.2. The molecule has 0 unspecified atom stereocenters. The molecule has 9 nitrogen and oxygen atoms in total. The zero-order valence-electron chi connectivity index (χ0n) is 21.8. The van der Waals surface area contributed by atoms with Crippen molar-refractivity contribution in [3.05, 3.63) is 65.7 Å². The van der Waals surface area contributed by atoms with E-state index in [4.69, 9.17) is 10.5 Å². The predicted octanol–water partition coefficient (Wildman–Crippen LogP) is 5.48. The molecule has 0 spiro atoms. The SMILES string of the molecule is CCN(CC)CCOc1ccc(-c2cc(C(=O)Nc3cccc(COC(=O)C(F)(F)F)c3)c(NC(N)=O)s2)cc1. The van der Waals surface area contributed by atoms with Crippen molar-refractivity contribution in [2.24, 2.45) is 5.73 Å². The van der Waals surface area contributed by atoms with Gasteiger partial charge >= 0.3 is 18.2 Å². The highest BCUT2D eigenvalue weighted by molar-refractivity contribution is 7.20. The lowest BCUT2D eigenvalue weighted by atomic mass is 10.1. The largest absolute Gasteiger partial charge is 0.492 e. The van der Waals surface area contributed by atoms with Crippen LogP contribution in [0.15, 0.2) is 54.6 Å². The molecule has 4 N–H and O–H groups in total. The number of likely N-dealkylation sites (N-methyl/N-ethyl adjacent to an activating group) is 1.